The molecule has 0 spiro atoms. The summed E-state index contributed by atoms with van der Waals surface area (Å²) in [4.78, 5) is 13.2. The number of aliphatic hydroxyl groups excluding tert-OH is 3. The molecule has 4 rings (SSSR count). The molecule has 0 aliphatic carbocycles. The fraction of sp³-hybridized carbons (Fsp3) is 0.389. The molecule has 148 valence electrons. The van der Waals surface area contributed by atoms with E-state index in [0.717, 1.165) is 6.42 Å². The predicted octanol–water partition coefficient (Wildman–Crippen LogP) is 0.697. The molecule has 0 bridgehead atoms. The highest BCUT2D eigenvalue weighted by Gasteiger charge is 2.44. The molecule has 4 atom stereocenters. The van der Waals surface area contributed by atoms with Crippen molar-refractivity contribution < 1.29 is 20.1 Å². The van der Waals surface area contributed by atoms with Gasteiger partial charge in [0, 0.05) is 29.1 Å². The van der Waals surface area contributed by atoms with Gasteiger partial charge in [-0.2, -0.15) is 0 Å². The second-order valence-electron chi connectivity index (χ2n) is 6.56. The van der Waals surface area contributed by atoms with E-state index in [1.54, 1.807) is 4.57 Å². The average molecular weight is 497 g/mol. The lowest BCUT2D eigenvalue weighted by molar-refractivity contribution is -0.0511. The van der Waals surface area contributed by atoms with Crippen molar-refractivity contribution in [2.75, 3.05) is 18.5 Å². The fourth-order valence-electron chi connectivity index (χ4n) is 3.28. The first-order valence-electron chi connectivity index (χ1n) is 8.89. The molecule has 9 nitrogen and oxygen atoms in total. The Labute approximate surface area is 174 Å². The van der Waals surface area contributed by atoms with Crippen LogP contribution in [0, 0.1) is 3.83 Å². The number of nitrogens with zero attached hydrogens (tertiary/aromatic N) is 4. The molecular formula is C18H20IN5O4. The summed E-state index contributed by atoms with van der Waals surface area (Å²) < 4.78 is 7.67. The van der Waals surface area contributed by atoms with Crippen molar-refractivity contribution >= 4 is 39.6 Å². The summed E-state index contributed by atoms with van der Waals surface area (Å²) >= 11 is 2.02. The molecule has 1 aromatic carbocycles. The number of fused-ring (bicyclic) bond motifs is 1. The summed E-state index contributed by atoms with van der Waals surface area (Å²) in [5, 5.41) is 32.9. The van der Waals surface area contributed by atoms with Gasteiger partial charge in [-0.1, -0.05) is 30.3 Å². The van der Waals surface area contributed by atoms with Gasteiger partial charge in [0.1, 0.15) is 18.3 Å². The zero-order chi connectivity index (χ0) is 19.7. The third kappa shape index (κ3) is 3.70. The number of hydrogen-bond donors (Lipinski definition) is 4. The molecule has 0 saturated carbocycles. The van der Waals surface area contributed by atoms with Crippen molar-refractivity contribution in [2.24, 2.45) is 0 Å². The maximum absolute atomic E-state index is 10.3. The Morgan fingerprint density at radius 3 is 2.64 bits per heavy atom. The van der Waals surface area contributed by atoms with Crippen LogP contribution in [-0.2, 0) is 11.2 Å². The molecule has 4 N–H and O–H groups in total. The van der Waals surface area contributed by atoms with E-state index in [4.69, 9.17) is 4.74 Å². The van der Waals surface area contributed by atoms with Crippen molar-refractivity contribution in [3.05, 3.63) is 46.1 Å². The van der Waals surface area contributed by atoms with Gasteiger partial charge in [-0.25, -0.2) is 15.0 Å². The topological polar surface area (TPSA) is 126 Å². The molecule has 2 aromatic heterocycles. The number of hydrogen-bond acceptors (Lipinski definition) is 8. The minimum Gasteiger partial charge on any atom is -0.394 e. The highest BCUT2D eigenvalue weighted by molar-refractivity contribution is 14.1. The largest absolute Gasteiger partial charge is 0.394 e. The van der Waals surface area contributed by atoms with Gasteiger partial charge in [-0.05, 0) is 12.0 Å². The first-order valence-corrected chi connectivity index (χ1v) is 9.96. The number of aromatic nitrogens is 4. The molecule has 10 heteroatoms. The van der Waals surface area contributed by atoms with Gasteiger partial charge in [0.25, 0.3) is 0 Å². The van der Waals surface area contributed by atoms with E-state index in [1.807, 2.05) is 40.8 Å². The Bertz CT molecular complexity index is 954. The molecular weight excluding hydrogens is 477 g/mol. The Kier molecular flexibility index (Phi) is 5.73. The number of halogens is 1. The van der Waals surface area contributed by atoms with E-state index in [9.17, 15) is 15.3 Å². The zero-order valence-corrected chi connectivity index (χ0v) is 17.0. The molecule has 0 unspecified atom stereocenters. The lowest BCUT2D eigenvalue weighted by atomic mass is 10.1. The molecule has 1 aliphatic rings. The van der Waals surface area contributed by atoms with E-state index in [-0.39, 0.29) is 6.61 Å². The van der Waals surface area contributed by atoms with Crippen LogP contribution in [0.4, 0.5) is 5.82 Å². The van der Waals surface area contributed by atoms with Crippen LogP contribution in [0.15, 0.2) is 36.7 Å². The summed E-state index contributed by atoms with van der Waals surface area (Å²) in [5.41, 5.74) is 2.25. The van der Waals surface area contributed by atoms with Crippen molar-refractivity contribution in [1.82, 2.24) is 19.5 Å². The number of rotatable bonds is 6. The molecule has 3 heterocycles. The number of aliphatic hydroxyl groups is 3. The molecule has 0 amide bonds. The maximum atomic E-state index is 10.3. The molecule has 3 aromatic rings. The maximum Gasteiger partial charge on any atom is 0.194 e. The highest BCUT2D eigenvalue weighted by Crippen LogP contribution is 2.32. The van der Waals surface area contributed by atoms with Crippen LogP contribution >= 0.6 is 22.6 Å². The Morgan fingerprint density at radius 1 is 1.14 bits per heavy atom. The van der Waals surface area contributed by atoms with Gasteiger partial charge in [0.05, 0.1) is 12.9 Å². The SMILES string of the molecule is OC[C@H]1O[C@@H](n2cnc3c(NCCc4ccccc4)nc(I)nc32)[C@H](O)[C@@H]1O. The first kappa shape index (κ1) is 19.5. The van der Waals surface area contributed by atoms with Crippen LogP contribution in [-0.4, -0.2) is 66.3 Å². The normalized spacial score (nSPS) is 24.7. The van der Waals surface area contributed by atoms with Gasteiger partial charge in [-0.15, -0.1) is 0 Å². The number of benzene rings is 1. The van der Waals surface area contributed by atoms with E-state index in [1.165, 1.54) is 11.9 Å². The van der Waals surface area contributed by atoms with E-state index >= 15 is 0 Å². The Hall–Kier alpha value is -1.86. The van der Waals surface area contributed by atoms with Crippen molar-refractivity contribution in [1.29, 1.82) is 0 Å². The monoisotopic (exact) mass is 497 g/mol. The van der Waals surface area contributed by atoms with Crippen LogP contribution in [0.3, 0.4) is 0 Å². The van der Waals surface area contributed by atoms with Crippen molar-refractivity contribution in [2.45, 2.75) is 31.0 Å². The summed E-state index contributed by atoms with van der Waals surface area (Å²) in [6, 6.07) is 10.1. The zero-order valence-electron chi connectivity index (χ0n) is 14.8. The second kappa shape index (κ2) is 8.25. The van der Waals surface area contributed by atoms with Gasteiger partial charge in [0.2, 0.25) is 0 Å². The summed E-state index contributed by atoms with van der Waals surface area (Å²) in [6.45, 7) is 0.285. The fourth-order valence-corrected chi connectivity index (χ4v) is 3.75. The quantitative estimate of drug-likeness (QED) is 0.290. The third-order valence-electron chi connectivity index (χ3n) is 4.73. The van der Waals surface area contributed by atoms with E-state index in [0.29, 0.717) is 27.4 Å². The Morgan fingerprint density at radius 2 is 1.93 bits per heavy atom. The number of nitrogens with one attached hydrogen (secondary N) is 1. The number of anilines is 1. The van der Waals surface area contributed by atoms with Crippen LogP contribution in [0.2, 0.25) is 0 Å². The van der Waals surface area contributed by atoms with Gasteiger partial charge >= 0.3 is 0 Å². The third-order valence-corrected chi connectivity index (χ3v) is 5.22. The lowest BCUT2D eigenvalue weighted by Crippen LogP contribution is -2.33. The minimum absolute atomic E-state index is 0.389. The Balaban J connectivity index is 1.58. The summed E-state index contributed by atoms with van der Waals surface area (Å²) in [7, 11) is 0. The van der Waals surface area contributed by atoms with Crippen molar-refractivity contribution in [3.8, 4) is 0 Å². The average Bonchev–Trinajstić information content (AvgIpc) is 3.24. The van der Waals surface area contributed by atoms with Crippen LogP contribution in [0.25, 0.3) is 11.2 Å². The number of imidazole rings is 1. The smallest absolute Gasteiger partial charge is 0.194 e. The number of ether oxygens (including phenoxy) is 1. The molecule has 1 saturated heterocycles. The van der Waals surface area contributed by atoms with Crippen LogP contribution in [0.5, 0.6) is 0 Å². The lowest BCUT2D eigenvalue weighted by Gasteiger charge is -2.16. The van der Waals surface area contributed by atoms with Crippen molar-refractivity contribution in [3.63, 3.8) is 0 Å². The summed E-state index contributed by atoms with van der Waals surface area (Å²) in [6.07, 6.45) is -1.80. The van der Waals surface area contributed by atoms with Gasteiger partial charge in [-0.3, -0.25) is 4.57 Å². The molecule has 1 aliphatic heterocycles. The van der Waals surface area contributed by atoms with Crippen LogP contribution < -0.4 is 5.32 Å². The predicted molar refractivity (Wildman–Crippen MR) is 110 cm³/mol. The van der Waals surface area contributed by atoms with E-state index < -0.39 is 24.5 Å². The standard InChI is InChI=1S/C18H20IN5O4/c19-18-22-15(20-7-6-10-4-2-1-3-5-10)12-16(23-18)24(9-21-12)17-14(27)13(26)11(8-25)28-17/h1-5,9,11,13-14,17,25-27H,6-8H2,(H,20,22,23)/t11-,13-,14-,17-/m1/s1. The van der Waals surface area contributed by atoms with E-state index in [2.05, 4.69) is 32.4 Å². The van der Waals surface area contributed by atoms with Gasteiger partial charge < -0.3 is 25.4 Å². The first-order chi connectivity index (χ1) is 13.6. The summed E-state index contributed by atoms with van der Waals surface area (Å²) in [5.74, 6) is 0.593. The molecule has 1 fully saturated rings. The molecule has 28 heavy (non-hydrogen) atoms. The van der Waals surface area contributed by atoms with Crippen LogP contribution in [0.1, 0.15) is 11.8 Å². The van der Waals surface area contributed by atoms with Gasteiger partial charge in [0.15, 0.2) is 27.0 Å². The second-order valence-corrected chi connectivity index (χ2v) is 7.52. The highest BCUT2D eigenvalue weighted by atomic mass is 127. The minimum atomic E-state index is -1.20. The molecule has 0 radical (unpaired) electrons.